The number of allylic oxidation sites excluding steroid dienone is 1. The number of hydrogen-bond donors (Lipinski definition) is 0. The van der Waals surface area contributed by atoms with E-state index in [1.807, 2.05) is 0 Å². The maximum atomic E-state index is 14.0. The second-order valence-corrected chi connectivity index (χ2v) is 9.12. The molecule has 0 radical (unpaired) electrons. The van der Waals surface area contributed by atoms with Crippen LogP contribution in [0.5, 0.6) is 11.5 Å². The molecule has 2 aliphatic heterocycles. The molecule has 0 bridgehead atoms. The SMILES string of the molecule is COC(=O)C1C(C(F)(F)F)=NC(C)=C(C(=O)OCCOc2ccc(OCC3CO3)cc2)C1c1ccccc1Cl. The van der Waals surface area contributed by atoms with E-state index in [9.17, 15) is 22.8 Å². The summed E-state index contributed by atoms with van der Waals surface area (Å²) in [6.07, 6.45) is -4.83. The van der Waals surface area contributed by atoms with Crippen molar-refractivity contribution in [2.45, 2.75) is 25.1 Å². The molecule has 0 aliphatic carbocycles. The van der Waals surface area contributed by atoms with Crippen molar-refractivity contribution in [3.05, 3.63) is 70.4 Å². The van der Waals surface area contributed by atoms with Gasteiger partial charge >= 0.3 is 18.1 Å². The largest absolute Gasteiger partial charge is 0.491 e. The normalized spacial score (nSPS) is 20.7. The second-order valence-electron chi connectivity index (χ2n) is 8.72. The zero-order chi connectivity index (χ0) is 28.2. The van der Waals surface area contributed by atoms with Gasteiger partial charge in [0.05, 0.1) is 19.3 Å². The third-order valence-electron chi connectivity index (χ3n) is 6.07. The Hall–Kier alpha value is -3.57. The molecule has 2 heterocycles. The molecule has 0 spiro atoms. The molecule has 0 aromatic heterocycles. The molecular weight excluding hydrogens is 543 g/mol. The molecule has 3 atom stereocenters. The van der Waals surface area contributed by atoms with E-state index in [4.69, 9.17) is 30.5 Å². The van der Waals surface area contributed by atoms with Crippen molar-refractivity contribution in [3.8, 4) is 11.5 Å². The predicted molar refractivity (Wildman–Crippen MR) is 134 cm³/mol. The van der Waals surface area contributed by atoms with Gasteiger partial charge < -0.3 is 23.7 Å². The zero-order valence-corrected chi connectivity index (χ0v) is 21.8. The quantitative estimate of drug-likeness (QED) is 0.229. The summed E-state index contributed by atoms with van der Waals surface area (Å²) in [6.45, 7) is 2.14. The van der Waals surface area contributed by atoms with Gasteiger partial charge in [0, 0.05) is 16.6 Å². The van der Waals surface area contributed by atoms with Gasteiger partial charge in [-0.1, -0.05) is 29.8 Å². The number of esters is 2. The molecule has 0 saturated carbocycles. The van der Waals surface area contributed by atoms with Crippen molar-refractivity contribution in [3.63, 3.8) is 0 Å². The van der Waals surface area contributed by atoms with Gasteiger partial charge in [-0.15, -0.1) is 0 Å². The molecule has 2 aliphatic rings. The summed E-state index contributed by atoms with van der Waals surface area (Å²) in [4.78, 5) is 29.5. The van der Waals surface area contributed by atoms with Crippen molar-refractivity contribution in [1.29, 1.82) is 0 Å². The maximum Gasteiger partial charge on any atom is 0.430 e. The van der Waals surface area contributed by atoms with Crippen LogP contribution in [0.1, 0.15) is 18.4 Å². The fourth-order valence-electron chi connectivity index (χ4n) is 4.17. The number of carbonyl (C=O) groups is 2. The van der Waals surface area contributed by atoms with Crippen LogP contribution in [0.25, 0.3) is 0 Å². The first-order chi connectivity index (χ1) is 18.6. The first-order valence-electron chi connectivity index (χ1n) is 11.9. The van der Waals surface area contributed by atoms with Gasteiger partial charge in [-0.05, 0) is 42.8 Å². The fraction of sp³-hybridized carbons (Fsp3) is 0.370. The van der Waals surface area contributed by atoms with Gasteiger partial charge in [0.15, 0.2) is 0 Å². The fourth-order valence-corrected chi connectivity index (χ4v) is 4.42. The Bertz CT molecular complexity index is 1270. The summed E-state index contributed by atoms with van der Waals surface area (Å²) in [6, 6.07) is 12.8. The van der Waals surface area contributed by atoms with Gasteiger partial charge in [0.1, 0.15) is 49.1 Å². The van der Waals surface area contributed by atoms with E-state index >= 15 is 0 Å². The Morgan fingerprint density at radius 3 is 2.28 bits per heavy atom. The molecule has 2 aromatic rings. The van der Waals surface area contributed by atoms with Gasteiger partial charge in [0.25, 0.3) is 0 Å². The number of epoxide rings is 1. The average molecular weight is 568 g/mol. The standard InChI is InChI=1S/C27H25ClF3NO7/c1-15-21(26(34)37-12-11-36-16-7-9-17(10-8-16)38-13-18-14-39-18)22(19-5-3-4-6-20(19)28)23(25(33)35-2)24(32-15)27(29,30)31/h3-10,18,22-23H,11-14H2,1-2H3. The van der Waals surface area contributed by atoms with E-state index in [-0.39, 0.29) is 41.2 Å². The first kappa shape index (κ1) is 28.4. The predicted octanol–water partition coefficient (Wildman–Crippen LogP) is 4.90. The molecule has 2 aromatic carbocycles. The summed E-state index contributed by atoms with van der Waals surface area (Å²) in [7, 11) is 0.959. The molecule has 208 valence electrons. The van der Waals surface area contributed by atoms with E-state index < -0.39 is 35.7 Å². The van der Waals surface area contributed by atoms with Crippen LogP contribution in [0.15, 0.2) is 64.8 Å². The van der Waals surface area contributed by atoms with Gasteiger partial charge in [-0.3, -0.25) is 9.79 Å². The highest BCUT2D eigenvalue weighted by molar-refractivity contribution is 6.31. The highest BCUT2D eigenvalue weighted by Crippen LogP contribution is 2.45. The lowest BCUT2D eigenvalue weighted by Gasteiger charge is -2.33. The van der Waals surface area contributed by atoms with E-state index in [1.165, 1.54) is 25.1 Å². The van der Waals surface area contributed by atoms with Crippen molar-refractivity contribution < 1.29 is 46.4 Å². The molecule has 8 nitrogen and oxygen atoms in total. The third kappa shape index (κ3) is 6.90. The number of rotatable bonds is 10. The third-order valence-corrected chi connectivity index (χ3v) is 6.41. The number of methoxy groups -OCH3 is 1. The van der Waals surface area contributed by atoms with E-state index in [2.05, 4.69) is 9.73 Å². The van der Waals surface area contributed by atoms with Crippen LogP contribution < -0.4 is 9.47 Å². The van der Waals surface area contributed by atoms with Crippen LogP contribution in [0, 0.1) is 5.92 Å². The van der Waals surface area contributed by atoms with E-state index in [0.29, 0.717) is 24.7 Å². The van der Waals surface area contributed by atoms with Crippen LogP contribution in [0.2, 0.25) is 5.02 Å². The minimum atomic E-state index is -4.96. The van der Waals surface area contributed by atoms with Gasteiger partial charge in [-0.2, -0.15) is 13.2 Å². The highest BCUT2D eigenvalue weighted by atomic mass is 35.5. The minimum absolute atomic E-state index is 0.0392. The van der Waals surface area contributed by atoms with Crippen molar-refractivity contribution in [2.24, 2.45) is 10.9 Å². The minimum Gasteiger partial charge on any atom is -0.491 e. The molecule has 1 saturated heterocycles. The summed E-state index contributed by atoms with van der Waals surface area (Å²) >= 11 is 6.31. The first-order valence-corrected chi connectivity index (χ1v) is 12.3. The molecule has 4 rings (SSSR count). The Balaban J connectivity index is 1.50. The number of benzene rings is 2. The smallest absolute Gasteiger partial charge is 0.430 e. The van der Waals surface area contributed by atoms with Gasteiger partial charge in [0.2, 0.25) is 0 Å². The highest BCUT2D eigenvalue weighted by Gasteiger charge is 2.53. The van der Waals surface area contributed by atoms with Crippen LogP contribution in [-0.4, -0.2) is 63.5 Å². The zero-order valence-electron chi connectivity index (χ0n) is 21.0. The number of hydrogen-bond acceptors (Lipinski definition) is 8. The summed E-state index contributed by atoms with van der Waals surface area (Å²) in [5, 5.41) is 0.0679. The van der Waals surface area contributed by atoms with Crippen LogP contribution in [-0.2, 0) is 23.8 Å². The molecule has 1 fully saturated rings. The van der Waals surface area contributed by atoms with Crippen molar-refractivity contribution >= 4 is 29.3 Å². The molecule has 0 amide bonds. The summed E-state index contributed by atoms with van der Waals surface area (Å²) in [5.74, 6) is -4.44. The maximum absolute atomic E-state index is 14.0. The van der Waals surface area contributed by atoms with Crippen molar-refractivity contribution in [2.75, 3.05) is 33.5 Å². The Morgan fingerprint density at radius 1 is 1.05 bits per heavy atom. The summed E-state index contributed by atoms with van der Waals surface area (Å²) < 4.78 is 68.1. The molecule has 12 heteroatoms. The molecule has 0 N–H and O–H groups in total. The molecular formula is C27H25ClF3NO7. The second kappa shape index (κ2) is 12.1. The van der Waals surface area contributed by atoms with Crippen molar-refractivity contribution in [1.82, 2.24) is 0 Å². The van der Waals surface area contributed by atoms with Crippen LogP contribution >= 0.6 is 11.6 Å². The number of alkyl halides is 3. The van der Waals surface area contributed by atoms with Gasteiger partial charge in [-0.25, -0.2) is 4.79 Å². The van der Waals surface area contributed by atoms with E-state index in [1.54, 1.807) is 30.3 Å². The Kier molecular flexibility index (Phi) is 8.81. The number of aliphatic imine (C=N–C) groups is 1. The monoisotopic (exact) mass is 567 g/mol. The topological polar surface area (TPSA) is 96.0 Å². The number of halogens is 4. The summed E-state index contributed by atoms with van der Waals surface area (Å²) in [5.41, 5.74) is -1.73. The Labute approximate surface area is 227 Å². The number of nitrogens with zero attached hydrogens (tertiary/aromatic N) is 1. The lowest BCUT2D eigenvalue weighted by atomic mass is 9.75. The lowest BCUT2D eigenvalue weighted by molar-refractivity contribution is -0.146. The van der Waals surface area contributed by atoms with Crippen LogP contribution in [0.4, 0.5) is 13.2 Å². The number of ether oxygens (including phenoxy) is 5. The lowest BCUT2D eigenvalue weighted by Crippen LogP contribution is -2.43. The number of carbonyl (C=O) groups excluding carboxylic acids is 2. The Morgan fingerprint density at radius 2 is 1.69 bits per heavy atom. The van der Waals surface area contributed by atoms with Crippen LogP contribution in [0.3, 0.4) is 0 Å². The van der Waals surface area contributed by atoms with E-state index in [0.717, 1.165) is 7.11 Å². The average Bonchev–Trinajstić information content (AvgIpc) is 3.74. The molecule has 39 heavy (non-hydrogen) atoms. The molecule has 3 unspecified atom stereocenters.